The average molecular weight is 499 g/mol. The van der Waals surface area contributed by atoms with Crippen molar-refractivity contribution in [2.45, 2.75) is 31.2 Å². The molecule has 1 heterocycles. The summed E-state index contributed by atoms with van der Waals surface area (Å²) < 4.78 is 27.4. The predicted octanol–water partition coefficient (Wildman–Crippen LogP) is 4.38. The summed E-state index contributed by atoms with van der Waals surface area (Å²) in [5.41, 5.74) is 0.987. The Kier molecular flexibility index (Phi) is 8.20. The Bertz CT molecular complexity index is 1110. The zero-order valence-corrected chi connectivity index (χ0v) is 19.2. The summed E-state index contributed by atoms with van der Waals surface area (Å²) in [5, 5.41) is 11.5. The van der Waals surface area contributed by atoms with Gasteiger partial charge in [-0.1, -0.05) is 60.1 Å². The third kappa shape index (κ3) is 6.73. The highest BCUT2D eigenvalue weighted by Crippen LogP contribution is 2.25. The van der Waals surface area contributed by atoms with Crippen LogP contribution in [0.5, 0.6) is 5.75 Å². The van der Waals surface area contributed by atoms with Gasteiger partial charge in [-0.2, -0.15) is 0 Å². The first kappa shape index (κ1) is 24.5. The largest absolute Gasteiger partial charge is 0.509 e. The molecule has 0 aliphatic carbocycles. The van der Waals surface area contributed by atoms with Crippen LogP contribution in [0.2, 0.25) is 5.02 Å². The fourth-order valence-corrected chi connectivity index (χ4v) is 3.49. The monoisotopic (exact) mass is 498 g/mol. The molecule has 0 unspecified atom stereocenters. The number of carbonyl (C=O) groups excluding carboxylic acids is 2. The first-order chi connectivity index (χ1) is 17.0. The van der Waals surface area contributed by atoms with Gasteiger partial charge >= 0.3 is 12.1 Å². The average Bonchev–Trinajstić information content (AvgIpc) is 2.88. The van der Waals surface area contributed by atoms with Crippen LogP contribution in [0.3, 0.4) is 0 Å². The number of halogens is 1. The van der Waals surface area contributed by atoms with Crippen LogP contribution in [0.15, 0.2) is 84.9 Å². The number of rotatable bonds is 7. The minimum atomic E-state index is -1.44. The molecule has 3 aromatic rings. The number of hydrogen-bond acceptors (Lipinski definition) is 8. The van der Waals surface area contributed by atoms with Gasteiger partial charge in [0.05, 0.1) is 12.2 Å². The topological polar surface area (TPSA) is 101 Å². The number of aliphatic hydroxyl groups is 1. The molecule has 4 rings (SSSR count). The van der Waals surface area contributed by atoms with E-state index in [0.717, 1.165) is 0 Å². The van der Waals surface area contributed by atoms with E-state index in [-0.39, 0.29) is 18.8 Å². The lowest BCUT2D eigenvalue weighted by Crippen LogP contribution is -2.57. The van der Waals surface area contributed by atoms with Crippen molar-refractivity contribution in [3.8, 4) is 5.75 Å². The van der Waals surface area contributed by atoms with Crippen LogP contribution in [-0.2, 0) is 25.6 Å². The summed E-state index contributed by atoms with van der Waals surface area (Å²) >= 11 is 5.85. The number of ether oxygens (including phenoxy) is 5. The van der Waals surface area contributed by atoms with E-state index >= 15 is 0 Å². The molecule has 0 aromatic heterocycles. The molecule has 0 bridgehead atoms. The van der Waals surface area contributed by atoms with Crippen LogP contribution in [0.4, 0.5) is 4.79 Å². The highest BCUT2D eigenvalue weighted by atomic mass is 35.5. The number of aliphatic hydroxyl groups excluding tert-OH is 1. The summed E-state index contributed by atoms with van der Waals surface area (Å²) in [6.07, 6.45) is -6.02. The Balaban J connectivity index is 1.42. The van der Waals surface area contributed by atoms with Crippen molar-refractivity contribution in [3.05, 3.63) is 101 Å². The van der Waals surface area contributed by atoms with Crippen LogP contribution in [0, 0.1) is 0 Å². The lowest BCUT2D eigenvalue weighted by atomic mass is 10.0. The van der Waals surface area contributed by atoms with Gasteiger partial charge in [0.2, 0.25) is 6.29 Å². The van der Waals surface area contributed by atoms with E-state index in [9.17, 15) is 14.7 Å². The molecule has 9 heteroatoms. The molecule has 3 aromatic carbocycles. The molecule has 0 radical (unpaired) electrons. The first-order valence-corrected chi connectivity index (χ1v) is 11.2. The highest BCUT2D eigenvalue weighted by Gasteiger charge is 2.46. The fraction of sp³-hybridized carbons (Fsp3) is 0.231. The Morgan fingerprint density at radius 3 is 2.26 bits per heavy atom. The Hall–Kier alpha value is -3.59. The lowest BCUT2D eigenvalue weighted by Gasteiger charge is -2.38. The Morgan fingerprint density at radius 1 is 0.914 bits per heavy atom. The SMILES string of the molecule is O=C(OCc1ccc(Cl)cc1)O[C@@H]1CO[C@@H](Oc2ccccc2)[C@H](OC(=O)c2ccccc2)[C@H]1O. The third-order valence-corrected chi connectivity index (χ3v) is 5.43. The summed E-state index contributed by atoms with van der Waals surface area (Å²) in [7, 11) is 0. The minimum absolute atomic E-state index is 0.0498. The van der Waals surface area contributed by atoms with Gasteiger partial charge in [0.25, 0.3) is 0 Å². The summed E-state index contributed by atoms with van der Waals surface area (Å²) in [4.78, 5) is 24.9. The van der Waals surface area contributed by atoms with E-state index in [4.69, 9.17) is 35.3 Å². The van der Waals surface area contributed by atoms with Crippen molar-refractivity contribution in [3.63, 3.8) is 0 Å². The molecule has 35 heavy (non-hydrogen) atoms. The second kappa shape index (κ2) is 11.7. The normalized spacial score (nSPS) is 21.5. The lowest BCUT2D eigenvalue weighted by molar-refractivity contribution is -0.243. The Labute approximate surface area is 206 Å². The third-order valence-electron chi connectivity index (χ3n) is 5.18. The van der Waals surface area contributed by atoms with Crippen molar-refractivity contribution in [1.82, 2.24) is 0 Å². The van der Waals surface area contributed by atoms with Crippen molar-refractivity contribution >= 4 is 23.7 Å². The minimum Gasteiger partial charge on any atom is -0.461 e. The fourth-order valence-electron chi connectivity index (χ4n) is 3.37. The maximum absolute atomic E-state index is 12.7. The molecular formula is C26H23ClO8. The molecule has 0 spiro atoms. The molecule has 1 aliphatic heterocycles. The number of carbonyl (C=O) groups is 2. The molecule has 8 nitrogen and oxygen atoms in total. The van der Waals surface area contributed by atoms with Gasteiger partial charge in [0.1, 0.15) is 18.5 Å². The zero-order valence-electron chi connectivity index (χ0n) is 18.5. The molecule has 182 valence electrons. The molecule has 1 saturated heterocycles. The van der Waals surface area contributed by atoms with Crippen molar-refractivity contribution in [2.24, 2.45) is 0 Å². The van der Waals surface area contributed by atoms with E-state index in [1.807, 2.05) is 6.07 Å². The van der Waals surface area contributed by atoms with Gasteiger partial charge < -0.3 is 28.8 Å². The number of hydrogen-bond donors (Lipinski definition) is 1. The van der Waals surface area contributed by atoms with Gasteiger partial charge in [0.15, 0.2) is 12.2 Å². The maximum atomic E-state index is 12.7. The molecule has 4 atom stereocenters. The summed E-state index contributed by atoms with van der Waals surface area (Å²) in [6, 6.07) is 23.8. The quantitative estimate of drug-likeness (QED) is 0.479. The van der Waals surface area contributed by atoms with Crippen LogP contribution in [-0.4, -0.2) is 48.4 Å². The van der Waals surface area contributed by atoms with E-state index in [2.05, 4.69) is 0 Å². The zero-order chi connectivity index (χ0) is 24.6. The van der Waals surface area contributed by atoms with Crippen molar-refractivity contribution in [2.75, 3.05) is 6.61 Å². The van der Waals surface area contributed by atoms with E-state index < -0.39 is 36.7 Å². The second-order valence-corrected chi connectivity index (χ2v) is 8.12. The highest BCUT2D eigenvalue weighted by molar-refractivity contribution is 6.30. The maximum Gasteiger partial charge on any atom is 0.509 e. The van der Waals surface area contributed by atoms with Gasteiger partial charge in [0, 0.05) is 5.02 Å². The molecule has 1 aliphatic rings. The standard InChI is InChI=1S/C26H23ClO8/c27-19-13-11-17(12-14-19)15-32-26(30)34-21-16-31-25(33-20-9-5-2-6-10-20)23(22(21)28)35-24(29)18-7-3-1-4-8-18/h1-14,21-23,25,28H,15-16H2/t21-,22+,23-,25+/m1/s1. The first-order valence-electron chi connectivity index (χ1n) is 10.8. The number of para-hydroxylation sites is 1. The smallest absolute Gasteiger partial charge is 0.461 e. The van der Waals surface area contributed by atoms with Gasteiger partial charge in [-0.25, -0.2) is 9.59 Å². The number of esters is 1. The number of benzene rings is 3. The van der Waals surface area contributed by atoms with Gasteiger partial charge in [-0.3, -0.25) is 0 Å². The molecule has 0 saturated carbocycles. The molecule has 0 amide bonds. The van der Waals surface area contributed by atoms with Gasteiger partial charge in [-0.15, -0.1) is 0 Å². The summed E-state index contributed by atoms with van der Waals surface area (Å²) in [5.74, 6) is -0.238. The van der Waals surface area contributed by atoms with E-state index in [0.29, 0.717) is 16.3 Å². The van der Waals surface area contributed by atoms with Crippen molar-refractivity contribution in [1.29, 1.82) is 0 Å². The van der Waals surface area contributed by atoms with E-state index in [1.54, 1.807) is 78.9 Å². The van der Waals surface area contributed by atoms with Crippen LogP contribution in [0.25, 0.3) is 0 Å². The summed E-state index contributed by atoms with van der Waals surface area (Å²) in [6.45, 7) is -0.250. The molecular weight excluding hydrogens is 476 g/mol. The predicted molar refractivity (Wildman–Crippen MR) is 125 cm³/mol. The van der Waals surface area contributed by atoms with Gasteiger partial charge in [-0.05, 0) is 42.0 Å². The Morgan fingerprint density at radius 2 is 1.57 bits per heavy atom. The van der Waals surface area contributed by atoms with Crippen molar-refractivity contribution < 1.29 is 38.4 Å². The van der Waals surface area contributed by atoms with Crippen LogP contribution < -0.4 is 4.74 Å². The van der Waals surface area contributed by atoms with Crippen LogP contribution >= 0.6 is 11.6 Å². The molecule has 1 N–H and O–H groups in total. The van der Waals surface area contributed by atoms with E-state index in [1.165, 1.54) is 0 Å². The van der Waals surface area contributed by atoms with Crippen LogP contribution in [0.1, 0.15) is 15.9 Å². The molecule has 1 fully saturated rings. The second-order valence-electron chi connectivity index (χ2n) is 7.68.